The Balaban J connectivity index is 2.19. The Morgan fingerprint density at radius 1 is 1.15 bits per heavy atom. The summed E-state index contributed by atoms with van der Waals surface area (Å²) in [4.78, 5) is 39.1. The van der Waals surface area contributed by atoms with Crippen LogP contribution in [0, 0.1) is 5.92 Å². The van der Waals surface area contributed by atoms with Crippen LogP contribution in [0.5, 0.6) is 0 Å². The molecule has 1 aliphatic rings. The summed E-state index contributed by atoms with van der Waals surface area (Å²) in [5.41, 5.74) is -0.0464. The number of hydrogen-bond acceptors (Lipinski definition) is 4. The largest absolute Gasteiger partial charge is 0.402 e. The van der Waals surface area contributed by atoms with Gasteiger partial charge in [0.1, 0.15) is 0 Å². The maximum atomic E-state index is 12.3. The fourth-order valence-electron chi connectivity index (χ4n) is 1.55. The zero-order valence-electron chi connectivity index (χ0n) is 10.1. The van der Waals surface area contributed by atoms with E-state index in [1.165, 1.54) is 24.3 Å². The average Bonchev–Trinajstić information content (AvgIpc) is 2.62. The van der Waals surface area contributed by atoms with Crippen molar-refractivity contribution in [3.8, 4) is 0 Å². The SMILES string of the molecule is CC(C(=O)ON1C(=O)c2ccccc2C1=O)C(F)(F)F. The van der Waals surface area contributed by atoms with Crippen LogP contribution in [0.3, 0.4) is 0 Å². The molecule has 106 valence electrons. The number of fused-ring (bicyclic) bond motifs is 1. The molecule has 2 rings (SSSR count). The van der Waals surface area contributed by atoms with E-state index >= 15 is 0 Å². The number of halogens is 3. The third-order valence-electron chi connectivity index (χ3n) is 2.78. The third kappa shape index (κ3) is 2.24. The summed E-state index contributed by atoms with van der Waals surface area (Å²) in [7, 11) is 0. The van der Waals surface area contributed by atoms with Crippen molar-refractivity contribution in [3.05, 3.63) is 35.4 Å². The predicted molar refractivity (Wildman–Crippen MR) is 58.3 cm³/mol. The summed E-state index contributed by atoms with van der Waals surface area (Å²) in [6.07, 6.45) is -4.81. The smallest absolute Gasteiger partial charge is 0.329 e. The monoisotopic (exact) mass is 287 g/mol. The highest BCUT2D eigenvalue weighted by Crippen LogP contribution is 2.28. The van der Waals surface area contributed by atoms with Gasteiger partial charge in [0.15, 0.2) is 5.92 Å². The van der Waals surface area contributed by atoms with E-state index in [4.69, 9.17) is 0 Å². The Labute approximate surface area is 110 Å². The Bertz CT molecular complexity index is 562. The molecule has 0 N–H and O–H groups in total. The van der Waals surface area contributed by atoms with Crippen LogP contribution in [-0.4, -0.2) is 29.0 Å². The van der Waals surface area contributed by atoms with Gasteiger partial charge in [0.25, 0.3) is 11.8 Å². The minimum absolute atomic E-state index is 0.0232. The second-order valence-corrected chi connectivity index (χ2v) is 4.12. The van der Waals surface area contributed by atoms with Crippen LogP contribution in [0.1, 0.15) is 27.6 Å². The first kappa shape index (κ1) is 14.0. The number of hydroxylamine groups is 2. The standard InChI is InChI=1S/C12H8F3NO4/c1-6(12(13,14)15)11(19)20-16-9(17)7-4-2-3-5-8(7)10(16)18/h2-6H,1H3. The zero-order valence-corrected chi connectivity index (χ0v) is 10.1. The molecule has 0 spiro atoms. The fourth-order valence-corrected chi connectivity index (χ4v) is 1.55. The average molecular weight is 287 g/mol. The lowest BCUT2D eigenvalue weighted by Gasteiger charge is -2.17. The number of amides is 2. The van der Waals surface area contributed by atoms with E-state index in [2.05, 4.69) is 4.84 Å². The molecule has 0 bridgehead atoms. The summed E-state index contributed by atoms with van der Waals surface area (Å²) >= 11 is 0. The molecule has 1 heterocycles. The van der Waals surface area contributed by atoms with Crippen LogP contribution < -0.4 is 0 Å². The van der Waals surface area contributed by atoms with Crippen molar-refractivity contribution in [1.82, 2.24) is 5.06 Å². The van der Waals surface area contributed by atoms with E-state index in [1.54, 1.807) is 0 Å². The molecular weight excluding hydrogens is 279 g/mol. The van der Waals surface area contributed by atoms with E-state index in [0.717, 1.165) is 0 Å². The van der Waals surface area contributed by atoms with Gasteiger partial charge >= 0.3 is 12.1 Å². The van der Waals surface area contributed by atoms with E-state index in [1.807, 2.05) is 0 Å². The van der Waals surface area contributed by atoms with Gasteiger partial charge in [-0.3, -0.25) is 9.59 Å². The summed E-state index contributed by atoms with van der Waals surface area (Å²) in [6.45, 7) is 0.584. The van der Waals surface area contributed by atoms with Gasteiger partial charge in [0, 0.05) is 0 Å². The minimum atomic E-state index is -4.81. The van der Waals surface area contributed by atoms with Gasteiger partial charge in [-0.25, -0.2) is 4.79 Å². The predicted octanol–water partition coefficient (Wildman–Crippen LogP) is 1.94. The Hall–Kier alpha value is -2.38. The fraction of sp³-hybridized carbons (Fsp3) is 0.250. The van der Waals surface area contributed by atoms with Crippen molar-refractivity contribution in [2.24, 2.45) is 5.92 Å². The highest BCUT2D eigenvalue weighted by molar-refractivity contribution is 6.20. The van der Waals surface area contributed by atoms with Crippen LogP contribution in [-0.2, 0) is 9.63 Å². The van der Waals surface area contributed by atoms with Crippen molar-refractivity contribution >= 4 is 17.8 Å². The van der Waals surface area contributed by atoms with Crippen molar-refractivity contribution in [1.29, 1.82) is 0 Å². The van der Waals surface area contributed by atoms with Crippen LogP contribution in [0.2, 0.25) is 0 Å². The Morgan fingerprint density at radius 3 is 2.00 bits per heavy atom. The van der Waals surface area contributed by atoms with Gasteiger partial charge in [-0.05, 0) is 19.1 Å². The van der Waals surface area contributed by atoms with Gasteiger partial charge in [0.05, 0.1) is 11.1 Å². The van der Waals surface area contributed by atoms with Crippen LogP contribution in [0.15, 0.2) is 24.3 Å². The number of carbonyl (C=O) groups excluding carboxylic acids is 3. The van der Waals surface area contributed by atoms with E-state index < -0.39 is 29.9 Å². The van der Waals surface area contributed by atoms with E-state index in [9.17, 15) is 27.6 Å². The van der Waals surface area contributed by atoms with Gasteiger partial charge in [-0.1, -0.05) is 17.2 Å². The first-order valence-corrected chi connectivity index (χ1v) is 5.50. The molecule has 1 unspecified atom stereocenters. The normalized spacial score (nSPS) is 16.1. The van der Waals surface area contributed by atoms with E-state index in [0.29, 0.717) is 6.92 Å². The first-order valence-electron chi connectivity index (χ1n) is 5.50. The van der Waals surface area contributed by atoms with Crippen molar-refractivity contribution < 1.29 is 32.4 Å². The molecule has 1 aromatic rings. The van der Waals surface area contributed by atoms with E-state index in [-0.39, 0.29) is 16.2 Å². The Kier molecular flexibility index (Phi) is 3.24. The minimum Gasteiger partial charge on any atom is -0.329 e. The number of nitrogens with zero attached hydrogens (tertiary/aromatic N) is 1. The molecule has 1 aromatic carbocycles. The Morgan fingerprint density at radius 2 is 1.60 bits per heavy atom. The number of hydrogen-bond donors (Lipinski definition) is 0. The molecule has 0 fully saturated rings. The van der Waals surface area contributed by atoms with Crippen molar-refractivity contribution in [2.45, 2.75) is 13.1 Å². The third-order valence-corrected chi connectivity index (χ3v) is 2.78. The maximum Gasteiger partial charge on any atom is 0.402 e. The molecule has 2 amide bonds. The molecule has 1 atom stereocenters. The summed E-state index contributed by atoms with van der Waals surface area (Å²) in [6, 6.07) is 5.59. The van der Waals surface area contributed by atoms with Crippen LogP contribution in [0.25, 0.3) is 0 Å². The molecule has 0 saturated heterocycles. The molecule has 0 aliphatic carbocycles. The molecule has 20 heavy (non-hydrogen) atoms. The summed E-state index contributed by atoms with van der Waals surface area (Å²) < 4.78 is 37.0. The zero-order chi connectivity index (χ0) is 15.1. The lowest BCUT2D eigenvalue weighted by molar-refractivity contribution is -0.209. The van der Waals surface area contributed by atoms with Gasteiger partial charge in [-0.2, -0.15) is 13.2 Å². The molecule has 0 aromatic heterocycles. The molecular formula is C12H8F3NO4. The first-order chi connectivity index (χ1) is 9.23. The second-order valence-electron chi connectivity index (χ2n) is 4.12. The van der Waals surface area contributed by atoms with Crippen molar-refractivity contribution in [3.63, 3.8) is 0 Å². The summed E-state index contributed by atoms with van der Waals surface area (Å²) in [5.74, 6) is -6.08. The second kappa shape index (κ2) is 4.62. The molecule has 0 saturated carbocycles. The van der Waals surface area contributed by atoms with Gasteiger partial charge in [0.2, 0.25) is 0 Å². The van der Waals surface area contributed by atoms with Crippen LogP contribution in [0.4, 0.5) is 13.2 Å². The highest BCUT2D eigenvalue weighted by Gasteiger charge is 2.46. The number of rotatable bonds is 2. The van der Waals surface area contributed by atoms with Gasteiger partial charge < -0.3 is 4.84 Å². The van der Waals surface area contributed by atoms with Crippen molar-refractivity contribution in [2.75, 3.05) is 0 Å². The number of carbonyl (C=O) groups is 3. The van der Waals surface area contributed by atoms with Crippen LogP contribution >= 0.6 is 0 Å². The molecule has 0 radical (unpaired) electrons. The number of alkyl halides is 3. The molecule has 1 aliphatic heterocycles. The lowest BCUT2D eigenvalue weighted by atomic mass is 10.1. The summed E-state index contributed by atoms with van der Waals surface area (Å²) in [5, 5.41) is 0.0508. The van der Waals surface area contributed by atoms with Gasteiger partial charge in [-0.15, -0.1) is 0 Å². The molecule has 8 heteroatoms. The molecule has 5 nitrogen and oxygen atoms in total. The topological polar surface area (TPSA) is 63.7 Å². The number of imide groups is 1. The lowest BCUT2D eigenvalue weighted by Crippen LogP contribution is -2.38. The quantitative estimate of drug-likeness (QED) is 0.780. The highest BCUT2D eigenvalue weighted by atomic mass is 19.4. The maximum absolute atomic E-state index is 12.3. The number of benzene rings is 1.